The second kappa shape index (κ2) is 7.90. The molecule has 2 atom stereocenters. The van der Waals surface area contributed by atoms with Crippen LogP contribution in [0.1, 0.15) is 0 Å². The van der Waals surface area contributed by atoms with E-state index in [4.69, 9.17) is 4.74 Å². The molecule has 0 spiro atoms. The molecule has 158 valence electrons. The van der Waals surface area contributed by atoms with Crippen LogP contribution in [0.25, 0.3) is 0 Å². The van der Waals surface area contributed by atoms with Crippen LogP contribution in [0.5, 0.6) is 5.75 Å². The number of methoxy groups -OCH3 is 1. The van der Waals surface area contributed by atoms with Gasteiger partial charge in [-0.15, -0.1) is 11.3 Å². The maximum absolute atomic E-state index is 13.1. The molecule has 2 aliphatic rings. The molecular weight excluding hydrogens is 432 g/mol. The smallest absolute Gasteiger partial charge is 0.193 e. The first-order valence-corrected chi connectivity index (χ1v) is 13.7. The first kappa shape index (κ1) is 20.6. The molecule has 0 saturated carbocycles. The number of piperazine rings is 1. The van der Waals surface area contributed by atoms with E-state index < -0.39 is 31.0 Å². The van der Waals surface area contributed by atoms with Gasteiger partial charge in [0.2, 0.25) is 0 Å². The molecule has 3 heterocycles. The van der Waals surface area contributed by atoms with Gasteiger partial charge in [0, 0.05) is 32.2 Å². The molecule has 0 bridgehead atoms. The van der Waals surface area contributed by atoms with Crippen molar-refractivity contribution in [2.75, 3.05) is 49.7 Å². The van der Waals surface area contributed by atoms with Gasteiger partial charge in [-0.2, -0.15) is 0 Å². The Bertz CT molecular complexity index is 1060. The Hall–Kier alpha value is -1.62. The van der Waals surface area contributed by atoms with Crippen molar-refractivity contribution in [3.8, 4) is 5.75 Å². The third-order valence-electron chi connectivity index (χ3n) is 5.66. The third-order valence-corrected chi connectivity index (χ3v) is 11.2. The molecule has 2 saturated heterocycles. The van der Waals surface area contributed by atoms with Crippen molar-refractivity contribution in [2.45, 2.75) is 15.5 Å². The van der Waals surface area contributed by atoms with E-state index in [0.717, 1.165) is 22.8 Å². The number of nitrogens with zero attached hydrogens (tertiary/aromatic N) is 2. The largest absolute Gasteiger partial charge is 0.495 e. The summed E-state index contributed by atoms with van der Waals surface area (Å²) in [5, 5.41) is 0.793. The van der Waals surface area contributed by atoms with Crippen LogP contribution in [0.3, 0.4) is 0 Å². The molecule has 29 heavy (non-hydrogen) atoms. The number of anilines is 1. The fourth-order valence-corrected chi connectivity index (χ4v) is 10.2. The average molecular weight is 457 g/mol. The molecule has 2 fully saturated rings. The number of ether oxygens (including phenoxy) is 1. The zero-order valence-corrected chi connectivity index (χ0v) is 18.5. The van der Waals surface area contributed by atoms with Crippen LogP contribution in [-0.2, 0) is 19.7 Å². The number of hydrogen-bond donors (Lipinski definition) is 0. The summed E-state index contributed by atoms with van der Waals surface area (Å²) < 4.78 is 56.6. The summed E-state index contributed by atoms with van der Waals surface area (Å²) in [6.07, 6.45) is 0. The lowest BCUT2D eigenvalue weighted by Crippen LogP contribution is -2.55. The van der Waals surface area contributed by atoms with Crippen LogP contribution in [-0.4, -0.2) is 77.8 Å². The Morgan fingerprint density at radius 3 is 2.41 bits per heavy atom. The molecule has 2 aromatic rings. The van der Waals surface area contributed by atoms with Gasteiger partial charge >= 0.3 is 0 Å². The van der Waals surface area contributed by atoms with Crippen LogP contribution in [0, 0.1) is 0 Å². The first-order chi connectivity index (χ1) is 13.8. The highest BCUT2D eigenvalue weighted by molar-refractivity contribution is 7.97. The minimum absolute atomic E-state index is 0.100. The van der Waals surface area contributed by atoms with Gasteiger partial charge < -0.3 is 9.64 Å². The standard InChI is InChI=1S/C19H24N2O5S3/c1-26-17-6-3-2-5-15(17)20-8-10-21(11-9-20)16-13-28(22,23)14-18(16)29(24,25)19-7-4-12-27-19/h2-7,12,16,18H,8-11,13-14H2,1H3/t16-,18-/m1/s1. The molecule has 0 unspecified atom stereocenters. The van der Waals surface area contributed by atoms with Gasteiger partial charge in [-0.25, -0.2) is 16.8 Å². The fraction of sp³-hybridized carbons (Fsp3) is 0.474. The average Bonchev–Trinajstić information content (AvgIpc) is 3.36. The molecule has 2 aliphatic heterocycles. The fourth-order valence-electron chi connectivity index (χ4n) is 4.19. The van der Waals surface area contributed by atoms with E-state index in [1.165, 1.54) is 0 Å². The summed E-state index contributed by atoms with van der Waals surface area (Å²) >= 11 is 1.14. The maximum atomic E-state index is 13.1. The van der Waals surface area contributed by atoms with E-state index in [-0.39, 0.29) is 15.7 Å². The van der Waals surface area contributed by atoms with Crippen LogP contribution >= 0.6 is 11.3 Å². The Labute approximate surface area is 175 Å². The Kier molecular flexibility index (Phi) is 5.62. The zero-order chi connectivity index (χ0) is 20.6. The van der Waals surface area contributed by atoms with Crippen molar-refractivity contribution in [1.29, 1.82) is 0 Å². The van der Waals surface area contributed by atoms with Crippen LogP contribution in [0.4, 0.5) is 5.69 Å². The molecule has 0 N–H and O–H groups in total. The number of benzene rings is 1. The van der Waals surface area contributed by atoms with E-state index in [0.29, 0.717) is 26.2 Å². The molecule has 0 aliphatic carbocycles. The molecule has 7 nitrogen and oxygen atoms in total. The van der Waals surface area contributed by atoms with Crippen molar-refractivity contribution in [3.63, 3.8) is 0 Å². The van der Waals surface area contributed by atoms with Gasteiger partial charge in [-0.05, 0) is 23.6 Å². The van der Waals surface area contributed by atoms with Crippen molar-refractivity contribution in [2.24, 2.45) is 0 Å². The Morgan fingerprint density at radius 1 is 1.03 bits per heavy atom. The molecular formula is C19H24N2O5S3. The van der Waals surface area contributed by atoms with Crippen LogP contribution < -0.4 is 9.64 Å². The van der Waals surface area contributed by atoms with Gasteiger partial charge in [0.25, 0.3) is 0 Å². The summed E-state index contributed by atoms with van der Waals surface area (Å²) in [5.41, 5.74) is 0.997. The monoisotopic (exact) mass is 456 g/mol. The maximum Gasteiger partial charge on any atom is 0.193 e. The Balaban J connectivity index is 1.53. The molecule has 0 amide bonds. The predicted molar refractivity (Wildman–Crippen MR) is 115 cm³/mol. The van der Waals surface area contributed by atoms with Gasteiger partial charge in [-0.1, -0.05) is 18.2 Å². The van der Waals surface area contributed by atoms with Crippen molar-refractivity contribution in [3.05, 3.63) is 41.8 Å². The second-order valence-corrected chi connectivity index (χ2v) is 12.8. The highest BCUT2D eigenvalue weighted by Gasteiger charge is 2.49. The quantitative estimate of drug-likeness (QED) is 0.674. The van der Waals surface area contributed by atoms with Crippen LogP contribution in [0.2, 0.25) is 0 Å². The van der Waals surface area contributed by atoms with E-state index in [2.05, 4.69) is 4.90 Å². The Morgan fingerprint density at radius 2 is 1.76 bits per heavy atom. The van der Waals surface area contributed by atoms with E-state index >= 15 is 0 Å². The number of thiophene rings is 1. The van der Waals surface area contributed by atoms with E-state index in [1.54, 1.807) is 24.6 Å². The molecule has 0 radical (unpaired) electrons. The summed E-state index contributed by atoms with van der Waals surface area (Å²) in [7, 11) is -5.43. The number of rotatable bonds is 5. The van der Waals surface area contributed by atoms with Gasteiger partial charge in [-0.3, -0.25) is 4.90 Å². The van der Waals surface area contributed by atoms with E-state index in [9.17, 15) is 16.8 Å². The van der Waals surface area contributed by atoms with Gasteiger partial charge in [0.15, 0.2) is 19.7 Å². The minimum atomic E-state index is -3.68. The highest BCUT2D eigenvalue weighted by Crippen LogP contribution is 2.33. The number of para-hydroxylation sites is 2. The normalized spacial score (nSPS) is 25.2. The molecule has 1 aromatic carbocycles. The predicted octanol–water partition coefficient (Wildman–Crippen LogP) is 1.52. The number of sulfone groups is 2. The highest BCUT2D eigenvalue weighted by atomic mass is 32.2. The molecule has 10 heteroatoms. The van der Waals surface area contributed by atoms with Crippen molar-refractivity contribution in [1.82, 2.24) is 4.90 Å². The SMILES string of the molecule is COc1ccccc1N1CCN([C@@H]2CS(=O)(=O)C[C@H]2S(=O)(=O)c2cccs2)CC1. The van der Waals surface area contributed by atoms with Crippen LogP contribution in [0.15, 0.2) is 46.0 Å². The van der Waals surface area contributed by atoms with E-state index in [1.807, 2.05) is 29.2 Å². The second-order valence-electron chi connectivity index (χ2n) is 7.35. The van der Waals surface area contributed by atoms with Gasteiger partial charge in [0.05, 0.1) is 29.6 Å². The zero-order valence-electron chi connectivity index (χ0n) is 16.1. The summed E-state index contributed by atoms with van der Waals surface area (Å²) in [5.74, 6) is 0.393. The molecule has 4 rings (SSSR count). The van der Waals surface area contributed by atoms with Crippen molar-refractivity contribution >= 4 is 36.7 Å². The molecule has 1 aromatic heterocycles. The lowest BCUT2D eigenvalue weighted by Gasteiger charge is -2.40. The lowest BCUT2D eigenvalue weighted by molar-refractivity contribution is 0.201. The first-order valence-electron chi connectivity index (χ1n) is 9.42. The minimum Gasteiger partial charge on any atom is -0.495 e. The summed E-state index contributed by atoms with van der Waals surface area (Å²) in [4.78, 5) is 4.23. The van der Waals surface area contributed by atoms with Crippen molar-refractivity contribution < 1.29 is 21.6 Å². The topological polar surface area (TPSA) is 84.0 Å². The summed E-state index contributed by atoms with van der Waals surface area (Å²) in [6.45, 7) is 2.58. The number of hydrogen-bond acceptors (Lipinski definition) is 8. The lowest BCUT2D eigenvalue weighted by atomic mass is 10.1. The summed E-state index contributed by atoms with van der Waals surface area (Å²) in [6, 6.07) is 10.5. The van der Waals surface area contributed by atoms with Gasteiger partial charge in [0.1, 0.15) is 9.96 Å². The third kappa shape index (κ3) is 4.03.